The Morgan fingerprint density at radius 1 is 1.00 bits per heavy atom. The third-order valence-electron chi connectivity index (χ3n) is 7.21. The van der Waals surface area contributed by atoms with Crippen LogP contribution in [0.25, 0.3) is 0 Å². The maximum absolute atomic E-state index is 11.1. The van der Waals surface area contributed by atoms with Crippen LogP contribution in [0.4, 0.5) is 5.69 Å². The zero-order valence-electron chi connectivity index (χ0n) is 20.1. The smallest absolute Gasteiger partial charge is 0.306 e. The highest BCUT2D eigenvalue weighted by molar-refractivity contribution is 5.70. The van der Waals surface area contributed by atoms with Crippen molar-refractivity contribution in [1.29, 1.82) is 0 Å². The summed E-state index contributed by atoms with van der Waals surface area (Å²) in [5.74, 6) is 1.18. The van der Waals surface area contributed by atoms with Crippen molar-refractivity contribution in [3.8, 4) is 5.75 Å². The number of hydrogen-bond acceptors (Lipinski definition) is 6. The van der Waals surface area contributed by atoms with E-state index in [-0.39, 0.29) is 12.2 Å². The van der Waals surface area contributed by atoms with E-state index in [1.807, 2.05) is 12.1 Å². The summed E-state index contributed by atoms with van der Waals surface area (Å²) in [4.78, 5) is 11.1. The van der Waals surface area contributed by atoms with Crippen molar-refractivity contribution in [2.75, 3.05) is 38.6 Å². The standard InChI is InChI=1S/C27H38N4O3/c1-34-25-12-8-21(9-13-25)23-17-29-27(30-18-23)31-24-10-4-19(5-11-24)14-15-28-16-20-2-6-22(7-3-20)26(32)33/h4-5,8-13,20,22-23,27-31H,2-3,6-7,14-18H2,1H3,(H,32,33). The molecular weight excluding hydrogens is 428 g/mol. The van der Waals surface area contributed by atoms with Gasteiger partial charge < -0.3 is 20.5 Å². The molecule has 0 aromatic heterocycles. The molecular formula is C27H38N4O3. The molecule has 1 aliphatic heterocycles. The average molecular weight is 467 g/mol. The Balaban J connectivity index is 1.12. The highest BCUT2D eigenvalue weighted by atomic mass is 16.5. The molecule has 1 saturated carbocycles. The molecule has 7 heteroatoms. The Hall–Kier alpha value is -2.61. The molecule has 184 valence electrons. The minimum Gasteiger partial charge on any atom is -0.497 e. The molecule has 2 aromatic rings. The van der Waals surface area contributed by atoms with Crippen LogP contribution < -0.4 is 26.0 Å². The summed E-state index contributed by atoms with van der Waals surface area (Å²) < 4.78 is 5.25. The van der Waals surface area contributed by atoms with Crippen LogP contribution in [0.15, 0.2) is 48.5 Å². The van der Waals surface area contributed by atoms with Gasteiger partial charge in [-0.05, 0) is 86.5 Å². The van der Waals surface area contributed by atoms with Crippen LogP contribution in [-0.2, 0) is 11.2 Å². The minimum absolute atomic E-state index is 0.0539. The van der Waals surface area contributed by atoms with E-state index in [2.05, 4.69) is 57.7 Å². The molecule has 1 aliphatic carbocycles. The van der Waals surface area contributed by atoms with Gasteiger partial charge >= 0.3 is 5.97 Å². The van der Waals surface area contributed by atoms with Gasteiger partial charge in [-0.3, -0.25) is 15.4 Å². The quantitative estimate of drug-likeness (QED) is 0.343. The van der Waals surface area contributed by atoms with Crippen LogP contribution in [0, 0.1) is 11.8 Å². The van der Waals surface area contributed by atoms with E-state index >= 15 is 0 Å². The van der Waals surface area contributed by atoms with Crippen molar-refractivity contribution >= 4 is 11.7 Å². The molecule has 0 bridgehead atoms. The zero-order valence-corrected chi connectivity index (χ0v) is 20.1. The lowest BCUT2D eigenvalue weighted by Crippen LogP contribution is -2.55. The first kappa shape index (κ1) is 24.5. The molecule has 1 heterocycles. The number of rotatable bonds is 10. The number of benzene rings is 2. The summed E-state index contributed by atoms with van der Waals surface area (Å²) in [6, 6.07) is 17.0. The third-order valence-corrected chi connectivity index (χ3v) is 7.21. The van der Waals surface area contributed by atoms with Crippen molar-refractivity contribution < 1.29 is 14.6 Å². The summed E-state index contributed by atoms with van der Waals surface area (Å²) >= 11 is 0. The fourth-order valence-corrected chi connectivity index (χ4v) is 4.97. The van der Waals surface area contributed by atoms with Gasteiger partial charge in [0.25, 0.3) is 0 Å². The first-order valence-electron chi connectivity index (χ1n) is 12.5. The number of carbonyl (C=O) groups is 1. The van der Waals surface area contributed by atoms with Gasteiger partial charge in [-0.1, -0.05) is 24.3 Å². The topological polar surface area (TPSA) is 94.7 Å². The normalized spacial score (nSPS) is 25.0. The number of carboxylic acids is 1. The predicted octanol–water partition coefficient (Wildman–Crippen LogP) is 3.39. The highest BCUT2D eigenvalue weighted by Crippen LogP contribution is 2.28. The Morgan fingerprint density at radius 2 is 1.68 bits per heavy atom. The van der Waals surface area contributed by atoms with Gasteiger partial charge in [0.1, 0.15) is 12.0 Å². The molecule has 1 saturated heterocycles. The highest BCUT2D eigenvalue weighted by Gasteiger charge is 2.25. The Labute approximate surface area is 202 Å². The third kappa shape index (κ3) is 6.95. The van der Waals surface area contributed by atoms with Crippen LogP contribution >= 0.6 is 0 Å². The maximum Gasteiger partial charge on any atom is 0.306 e. The summed E-state index contributed by atoms with van der Waals surface area (Å²) in [5.41, 5.74) is 3.72. The summed E-state index contributed by atoms with van der Waals surface area (Å²) in [5, 5.41) is 23.3. The lowest BCUT2D eigenvalue weighted by atomic mass is 9.82. The van der Waals surface area contributed by atoms with E-state index in [9.17, 15) is 4.79 Å². The van der Waals surface area contributed by atoms with Crippen molar-refractivity contribution in [2.24, 2.45) is 11.8 Å². The van der Waals surface area contributed by atoms with Gasteiger partial charge in [-0.15, -0.1) is 0 Å². The molecule has 0 amide bonds. The van der Waals surface area contributed by atoms with Crippen molar-refractivity contribution in [3.05, 3.63) is 59.7 Å². The summed E-state index contributed by atoms with van der Waals surface area (Å²) in [6.45, 7) is 3.77. The lowest BCUT2D eigenvalue weighted by Gasteiger charge is -2.32. The first-order chi connectivity index (χ1) is 16.6. The van der Waals surface area contributed by atoms with Gasteiger partial charge in [-0.2, -0.15) is 0 Å². The minimum atomic E-state index is -0.628. The Bertz CT molecular complexity index is 887. The first-order valence-corrected chi connectivity index (χ1v) is 12.5. The second-order valence-corrected chi connectivity index (χ2v) is 9.57. The van der Waals surface area contributed by atoms with E-state index in [1.54, 1.807) is 7.11 Å². The predicted molar refractivity (Wildman–Crippen MR) is 135 cm³/mol. The number of carboxylic acid groups (broad SMARTS) is 1. The summed E-state index contributed by atoms with van der Waals surface area (Å²) in [7, 11) is 1.69. The molecule has 0 atom stereocenters. The van der Waals surface area contributed by atoms with Crippen molar-refractivity contribution in [1.82, 2.24) is 16.0 Å². The fourth-order valence-electron chi connectivity index (χ4n) is 4.97. The van der Waals surface area contributed by atoms with Crippen LogP contribution in [0.5, 0.6) is 5.75 Å². The van der Waals surface area contributed by atoms with E-state index < -0.39 is 5.97 Å². The monoisotopic (exact) mass is 466 g/mol. The van der Waals surface area contributed by atoms with Crippen molar-refractivity contribution in [2.45, 2.75) is 44.3 Å². The molecule has 4 rings (SSSR count). The summed E-state index contributed by atoms with van der Waals surface area (Å²) in [6.07, 6.45) is 4.74. The van der Waals surface area contributed by atoms with E-state index in [0.29, 0.717) is 11.8 Å². The second kappa shape index (κ2) is 12.2. The molecule has 0 unspecified atom stereocenters. The average Bonchev–Trinajstić information content (AvgIpc) is 2.88. The number of aliphatic carboxylic acids is 1. The second-order valence-electron chi connectivity index (χ2n) is 9.57. The van der Waals surface area contributed by atoms with Crippen molar-refractivity contribution in [3.63, 3.8) is 0 Å². The van der Waals surface area contributed by atoms with Gasteiger partial charge in [0.2, 0.25) is 0 Å². The molecule has 34 heavy (non-hydrogen) atoms. The SMILES string of the molecule is COc1ccc(C2CNC(Nc3ccc(CCNCC4CCC(C(=O)O)CC4)cc3)NC2)cc1. The molecule has 2 aliphatic rings. The van der Waals surface area contributed by atoms with Gasteiger partial charge in [-0.25, -0.2) is 0 Å². The number of methoxy groups -OCH3 is 1. The Morgan fingerprint density at radius 3 is 2.29 bits per heavy atom. The number of hydrogen-bond donors (Lipinski definition) is 5. The number of ether oxygens (including phenoxy) is 1. The van der Waals surface area contributed by atoms with E-state index in [1.165, 1.54) is 11.1 Å². The van der Waals surface area contributed by atoms with Gasteiger partial charge in [0, 0.05) is 24.7 Å². The van der Waals surface area contributed by atoms with Crippen LogP contribution in [0.3, 0.4) is 0 Å². The Kier molecular flexibility index (Phi) is 8.79. The van der Waals surface area contributed by atoms with Gasteiger partial charge in [0.15, 0.2) is 0 Å². The molecule has 0 spiro atoms. The fraction of sp³-hybridized carbons (Fsp3) is 0.519. The van der Waals surface area contributed by atoms with Gasteiger partial charge in [0.05, 0.1) is 13.0 Å². The van der Waals surface area contributed by atoms with E-state index in [4.69, 9.17) is 9.84 Å². The molecule has 2 aromatic carbocycles. The van der Waals surface area contributed by atoms with Crippen LogP contribution in [0.1, 0.15) is 42.7 Å². The molecule has 0 radical (unpaired) electrons. The molecule has 2 fully saturated rings. The maximum atomic E-state index is 11.1. The van der Waals surface area contributed by atoms with E-state index in [0.717, 1.165) is 69.7 Å². The zero-order chi connectivity index (χ0) is 23.8. The number of anilines is 1. The molecule has 5 N–H and O–H groups in total. The lowest BCUT2D eigenvalue weighted by molar-refractivity contribution is -0.143. The molecule has 7 nitrogen and oxygen atoms in total. The van der Waals surface area contributed by atoms with Crippen LogP contribution in [-0.4, -0.2) is 50.7 Å². The van der Waals surface area contributed by atoms with Crippen LogP contribution in [0.2, 0.25) is 0 Å². The largest absolute Gasteiger partial charge is 0.497 e. The number of nitrogens with one attached hydrogen (secondary N) is 4.